The number of carbonyl (C=O) groups excluding carboxylic acids is 1. The van der Waals surface area contributed by atoms with E-state index in [0.29, 0.717) is 0 Å². The second-order valence-electron chi connectivity index (χ2n) is 2.91. The van der Waals surface area contributed by atoms with Crippen molar-refractivity contribution >= 4 is 5.91 Å². The molecule has 0 spiro atoms. The maximum absolute atomic E-state index is 10.7. The Balaban J connectivity index is 2.46. The van der Waals surface area contributed by atoms with E-state index in [-0.39, 0.29) is 11.9 Å². The van der Waals surface area contributed by atoms with Gasteiger partial charge in [0.25, 0.3) is 0 Å². The SMILES string of the molecule is CC(=O)NC1C=CC=C(C)C1. The summed E-state index contributed by atoms with van der Waals surface area (Å²) in [6.07, 6.45) is 7.00. The molecule has 60 valence electrons. The smallest absolute Gasteiger partial charge is 0.217 e. The van der Waals surface area contributed by atoms with E-state index in [2.05, 4.69) is 18.3 Å². The molecule has 2 nitrogen and oxygen atoms in total. The monoisotopic (exact) mass is 151 g/mol. The minimum atomic E-state index is 0.0364. The number of rotatable bonds is 1. The van der Waals surface area contributed by atoms with E-state index in [4.69, 9.17) is 0 Å². The van der Waals surface area contributed by atoms with E-state index in [1.54, 1.807) is 6.92 Å². The molecule has 1 rings (SSSR count). The number of carbonyl (C=O) groups is 1. The van der Waals surface area contributed by atoms with Crippen LogP contribution < -0.4 is 5.32 Å². The van der Waals surface area contributed by atoms with E-state index in [1.807, 2.05) is 12.2 Å². The summed E-state index contributed by atoms with van der Waals surface area (Å²) in [6, 6.07) is 0.206. The number of nitrogens with one attached hydrogen (secondary N) is 1. The van der Waals surface area contributed by atoms with Gasteiger partial charge in [0.15, 0.2) is 0 Å². The summed E-state index contributed by atoms with van der Waals surface area (Å²) in [6.45, 7) is 3.61. The summed E-state index contributed by atoms with van der Waals surface area (Å²) in [5, 5.41) is 2.85. The van der Waals surface area contributed by atoms with Gasteiger partial charge in [0.2, 0.25) is 5.91 Å². The van der Waals surface area contributed by atoms with Gasteiger partial charge in [0, 0.05) is 6.92 Å². The van der Waals surface area contributed by atoms with Crippen molar-refractivity contribution in [2.24, 2.45) is 0 Å². The standard InChI is InChI=1S/C9H13NO/c1-7-4-3-5-9(6-7)10-8(2)11/h3-5,9H,6H2,1-2H3,(H,10,11). The molecule has 1 amide bonds. The van der Waals surface area contributed by atoms with Crippen molar-refractivity contribution in [2.45, 2.75) is 26.3 Å². The van der Waals surface area contributed by atoms with Crippen molar-refractivity contribution in [3.8, 4) is 0 Å². The van der Waals surface area contributed by atoms with Crippen molar-refractivity contribution in [1.82, 2.24) is 5.32 Å². The molecule has 1 N–H and O–H groups in total. The molecular formula is C9H13NO. The lowest BCUT2D eigenvalue weighted by Gasteiger charge is -2.16. The van der Waals surface area contributed by atoms with E-state index in [0.717, 1.165) is 6.42 Å². The molecule has 0 heterocycles. The average Bonchev–Trinajstić information content (AvgIpc) is 1.85. The Morgan fingerprint density at radius 2 is 2.45 bits per heavy atom. The van der Waals surface area contributed by atoms with E-state index >= 15 is 0 Å². The first-order valence-corrected chi connectivity index (χ1v) is 3.79. The van der Waals surface area contributed by atoms with Crippen LogP contribution in [0.2, 0.25) is 0 Å². The van der Waals surface area contributed by atoms with Crippen LogP contribution in [0.1, 0.15) is 20.3 Å². The highest BCUT2D eigenvalue weighted by Gasteiger charge is 2.08. The van der Waals surface area contributed by atoms with Crippen molar-refractivity contribution in [2.75, 3.05) is 0 Å². The summed E-state index contributed by atoms with van der Waals surface area (Å²) < 4.78 is 0. The Hall–Kier alpha value is -1.05. The quantitative estimate of drug-likeness (QED) is 0.603. The van der Waals surface area contributed by atoms with Gasteiger partial charge in [-0.05, 0) is 13.3 Å². The molecule has 0 aliphatic heterocycles. The molecule has 0 fully saturated rings. The van der Waals surface area contributed by atoms with Crippen LogP contribution >= 0.6 is 0 Å². The first kappa shape index (κ1) is 8.05. The molecule has 0 bridgehead atoms. The van der Waals surface area contributed by atoms with E-state index in [1.165, 1.54) is 5.57 Å². The molecule has 0 aromatic heterocycles. The molecule has 1 aliphatic carbocycles. The predicted octanol–water partition coefficient (Wildman–Crippen LogP) is 1.40. The van der Waals surface area contributed by atoms with Gasteiger partial charge in [-0.3, -0.25) is 4.79 Å². The number of hydrogen-bond acceptors (Lipinski definition) is 1. The molecule has 0 saturated heterocycles. The molecule has 0 aromatic rings. The van der Waals surface area contributed by atoms with Gasteiger partial charge in [-0.2, -0.15) is 0 Å². The fourth-order valence-corrected chi connectivity index (χ4v) is 1.20. The largest absolute Gasteiger partial charge is 0.350 e. The maximum atomic E-state index is 10.7. The molecule has 2 heteroatoms. The van der Waals surface area contributed by atoms with Crippen molar-refractivity contribution in [3.63, 3.8) is 0 Å². The Morgan fingerprint density at radius 1 is 1.73 bits per heavy atom. The average molecular weight is 151 g/mol. The van der Waals surface area contributed by atoms with Crippen LogP contribution in [-0.2, 0) is 4.79 Å². The van der Waals surface area contributed by atoms with Gasteiger partial charge in [0.05, 0.1) is 6.04 Å². The van der Waals surface area contributed by atoms with Gasteiger partial charge in [-0.1, -0.05) is 23.8 Å². The van der Waals surface area contributed by atoms with Crippen LogP contribution in [0.15, 0.2) is 23.8 Å². The Morgan fingerprint density at radius 3 is 3.00 bits per heavy atom. The van der Waals surface area contributed by atoms with Gasteiger partial charge in [-0.15, -0.1) is 0 Å². The lowest BCUT2D eigenvalue weighted by Crippen LogP contribution is -2.32. The highest BCUT2D eigenvalue weighted by atomic mass is 16.1. The second-order valence-corrected chi connectivity index (χ2v) is 2.91. The molecule has 1 atom stereocenters. The van der Waals surface area contributed by atoms with Gasteiger partial charge >= 0.3 is 0 Å². The Bertz CT molecular complexity index is 214. The summed E-state index contributed by atoms with van der Waals surface area (Å²) in [5.74, 6) is 0.0364. The van der Waals surface area contributed by atoms with Crippen LogP contribution in [0, 0.1) is 0 Å². The molecule has 0 radical (unpaired) electrons. The van der Waals surface area contributed by atoms with Crippen LogP contribution in [0.25, 0.3) is 0 Å². The van der Waals surface area contributed by atoms with Crippen LogP contribution in [0.3, 0.4) is 0 Å². The summed E-state index contributed by atoms with van der Waals surface area (Å²) in [7, 11) is 0. The number of hydrogen-bond donors (Lipinski definition) is 1. The third kappa shape index (κ3) is 2.58. The second kappa shape index (κ2) is 3.37. The zero-order valence-electron chi connectivity index (χ0n) is 6.92. The lowest BCUT2D eigenvalue weighted by molar-refractivity contribution is -0.119. The third-order valence-corrected chi connectivity index (χ3v) is 1.65. The van der Waals surface area contributed by atoms with Crippen molar-refractivity contribution in [1.29, 1.82) is 0 Å². The Labute approximate surface area is 67.0 Å². The number of amides is 1. The zero-order valence-corrected chi connectivity index (χ0v) is 6.92. The van der Waals surface area contributed by atoms with E-state index in [9.17, 15) is 4.79 Å². The molecule has 1 unspecified atom stereocenters. The zero-order chi connectivity index (χ0) is 8.27. The lowest BCUT2D eigenvalue weighted by atomic mass is 10.0. The van der Waals surface area contributed by atoms with Crippen LogP contribution in [-0.4, -0.2) is 11.9 Å². The van der Waals surface area contributed by atoms with Crippen molar-refractivity contribution in [3.05, 3.63) is 23.8 Å². The maximum Gasteiger partial charge on any atom is 0.217 e. The Kier molecular flexibility index (Phi) is 2.47. The van der Waals surface area contributed by atoms with Crippen molar-refractivity contribution < 1.29 is 4.79 Å². The fourth-order valence-electron chi connectivity index (χ4n) is 1.20. The molecular weight excluding hydrogens is 138 g/mol. The van der Waals surface area contributed by atoms with Gasteiger partial charge < -0.3 is 5.32 Å². The van der Waals surface area contributed by atoms with Crippen LogP contribution in [0.4, 0.5) is 0 Å². The normalized spacial score (nSPS) is 22.7. The topological polar surface area (TPSA) is 29.1 Å². The first-order valence-electron chi connectivity index (χ1n) is 3.79. The third-order valence-electron chi connectivity index (χ3n) is 1.65. The summed E-state index contributed by atoms with van der Waals surface area (Å²) in [5.41, 5.74) is 1.31. The summed E-state index contributed by atoms with van der Waals surface area (Å²) in [4.78, 5) is 10.7. The minimum Gasteiger partial charge on any atom is -0.350 e. The van der Waals surface area contributed by atoms with E-state index < -0.39 is 0 Å². The van der Waals surface area contributed by atoms with Gasteiger partial charge in [0.1, 0.15) is 0 Å². The predicted molar refractivity (Wildman–Crippen MR) is 45.1 cm³/mol. The highest BCUT2D eigenvalue weighted by Crippen LogP contribution is 2.10. The first-order chi connectivity index (χ1) is 5.18. The molecule has 0 saturated carbocycles. The molecule has 1 aliphatic rings. The molecule has 0 aromatic carbocycles. The highest BCUT2D eigenvalue weighted by molar-refractivity contribution is 5.73. The molecule has 11 heavy (non-hydrogen) atoms. The van der Waals surface area contributed by atoms with Gasteiger partial charge in [-0.25, -0.2) is 0 Å². The minimum absolute atomic E-state index is 0.0364. The number of allylic oxidation sites excluding steroid dienone is 2. The van der Waals surface area contributed by atoms with Crippen LogP contribution in [0.5, 0.6) is 0 Å². The summed E-state index contributed by atoms with van der Waals surface area (Å²) >= 11 is 0. The fraction of sp³-hybridized carbons (Fsp3) is 0.444.